The lowest BCUT2D eigenvalue weighted by atomic mass is 10.1. The molecule has 1 amide bonds. The summed E-state index contributed by atoms with van der Waals surface area (Å²) in [4.78, 5) is 12.0. The van der Waals surface area contributed by atoms with Crippen LogP contribution >= 0.6 is 12.4 Å². The number of rotatable bonds is 2. The molecule has 5 heteroatoms. The summed E-state index contributed by atoms with van der Waals surface area (Å²) >= 11 is 0. The molecular weight excluding hydrogens is 252 g/mol. The molecule has 2 atom stereocenters. The fourth-order valence-corrected chi connectivity index (χ4v) is 2.69. The summed E-state index contributed by atoms with van der Waals surface area (Å²) in [5.74, 6) is 1.07. The Bertz CT molecular complexity index is 468. The second kappa shape index (κ2) is 4.78. The summed E-state index contributed by atoms with van der Waals surface area (Å²) in [6, 6.07) is 5.38. The van der Waals surface area contributed by atoms with Crippen LogP contribution in [0.5, 0.6) is 5.75 Å². The maximum atomic E-state index is 12.0. The van der Waals surface area contributed by atoms with E-state index >= 15 is 0 Å². The largest absolute Gasteiger partial charge is 0.507 e. The Morgan fingerprint density at radius 1 is 1.39 bits per heavy atom. The first-order valence-corrected chi connectivity index (χ1v) is 5.98. The molecule has 2 unspecified atom stereocenters. The lowest BCUT2D eigenvalue weighted by Crippen LogP contribution is -2.32. The van der Waals surface area contributed by atoms with Gasteiger partial charge in [-0.2, -0.15) is 0 Å². The Balaban J connectivity index is 0.00000120. The molecular formula is C13H17ClN2O2. The molecule has 1 aliphatic heterocycles. The Labute approximate surface area is 112 Å². The fraction of sp³-hybridized carbons (Fsp3) is 0.462. The van der Waals surface area contributed by atoms with E-state index in [0.717, 1.165) is 18.7 Å². The standard InChI is InChI=1S/C13H16N2O2.ClH/c1-7-2-3-11(16)8(4-7)13(17)15-12-9-5-14-6-10(9)12;/h2-4,9-10,12,14,16H,5-6H2,1H3,(H,15,17);1H. The molecule has 0 spiro atoms. The lowest BCUT2D eigenvalue weighted by Gasteiger charge is -2.09. The maximum absolute atomic E-state index is 12.0. The van der Waals surface area contributed by atoms with Gasteiger partial charge in [0.15, 0.2) is 0 Å². The summed E-state index contributed by atoms with van der Waals surface area (Å²) in [5, 5.41) is 16.0. The molecule has 98 valence electrons. The zero-order valence-corrected chi connectivity index (χ0v) is 11.0. The predicted molar refractivity (Wildman–Crippen MR) is 71.2 cm³/mol. The zero-order chi connectivity index (χ0) is 12.0. The number of halogens is 1. The predicted octanol–water partition coefficient (Wildman–Crippen LogP) is 1.07. The van der Waals surface area contributed by atoms with Gasteiger partial charge in [-0.15, -0.1) is 12.4 Å². The van der Waals surface area contributed by atoms with Gasteiger partial charge >= 0.3 is 0 Å². The third kappa shape index (κ3) is 2.18. The number of piperidine rings is 1. The van der Waals surface area contributed by atoms with Crippen LogP contribution in [0.25, 0.3) is 0 Å². The number of phenols is 1. The highest BCUT2D eigenvalue weighted by Gasteiger charge is 2.53. The van der Waals surface area contributed by atoms with Crippen molar-refractivity contribution in [1.82, 2.24) is 10.6 Å². The average molecular weight is 269 g/mol. The van der Waals surface area contributed by atoms with Crippen molar-refractivity contribution in [2.24, 2.45) is 11.8 Å². The van der Waals surface area contributed by atoms with E-state index in [4.69, 9.17) is 0 Å². The molecule has 1 saturated carbocycles. The Morgan fingerprint density at radius 2 is 2.06 bits per heavy atom. The van der Waals surface area contributed by atoms with Crippen molar-refractivity contribution in [3.8, 4) is 5.75 Å². The second-order valence-corrected chi connectivity index (χ2v) is 5.01. The minimum absolute atomic E-state index is 0. The molecule has 0 aromatic heterocycles. The molecule has 1 aromatic rings. The molecule has 1 aromatic carbocycles. The van der Waals surface area contributed by atoms with Crippen molar-refractivity contribution in [2.75, 3.05) is 13.1 Å². The van der Waals surface area contributed by atoms with Gasteiger partial charge in [0.2, 0.25) is 0 Å². The first-order chi connectivity index (χ1) is 8.16. The summed E-state index contributed by atoms with van der Waals surface area (Å²) in [5.41, 5.74) is 1.36. The van der Waals surface area contributed by atoms with E-state index in [1.807, 2.05) is 6.92 Å². The number of amides is 1. The van der Waals surface area contributed by atoms with Crippen LogP contribution in [0.2, 0.25) is 0 Å². The number of aryl methyl sites for hydroxylation is 1. The molecule has 1 heterocycles. The van der Waals surface area contributed by atoms with Crippen molar-refractivity contribution < 1.29 is 9.90 Å². The van der Waals surface area contributed by atoms with Crippen LogP contribution < -0.4 is 10.6 Å². The van der Waals surface area contributed by atoms with Gasteiger partial charge in [0, 0.05) is 19.1 Å². The normalized spacial score (nSPS) is 28.2. The molecule has 2 aliphatic rings. The molecule has 1 aliphatic carbocycles. The van der Waals surface area contributed by atoms with Crippen molar-refractivity contribution in [1.29, 1.82) is 0 Å². The SMILES string of the molecule is Cc1ccc(O)c(C(=O)NC2C3CNCC32)c1.Cl. The Kier molecular flexibility index (Phi) is 3.50. The Morgan fingerprint density at radius 3 is 2.72 bits per heavy atom. The first-order valence-electron chi connectivity index (χ1n) is 5.98. The third-order valence-electron chi connectivity index (χ3n) is 3.79. The van der Waals surface area contributed by atoms with Crippen LogP contribution in [0.4, 0.5) is 0 Å². The van der Waals surface area contributed by atoms with Crippen molar-refractivity contribution in [3.05, 3.63) is 29.3 Å². The molecule has 1 saturated heterocycles. The van der Waals surface area contributed by atoms with Crippen LogP contribution in [0.15, 0.2) is 18.2 Å². The molecule has 0 radical (unpaired) electrons. The van der Waals surface area contributed by atoms with E-state index in [2.05, 4.69) is 10.6 Å². The number of benzene rings is 1. The van der Waals surface area contributed by atoms with Gasteiger partial charge in [0.25, 0.3) is 5.91 Å². The number of carbonyl (C=O) groups is 1. The second-order valence-electron chi connectivity index (χ2n) is 5.01. The number of phenolic OH excluding ortho intramolecular Hbond substituents is 1. The number of aromatic hydroxyl groups is 1. The van der Waals surface area contributed by atoms with Gasteiger partial charge < -0.3 is 15.7 Å². The van der Waals surface area contributed by atoms with E-state index in [0.29, 0.717) is 23.4 Å². The summed E-state index contributed by atoms with van der Waals surface area (Å²) in [6.07, 6.45) is 0. The third-order valence-corrected chi connectivity index (χ3v) is 3.79. The van der Waals surface area contributed by atoms with Gasteiger partial charge in [-0.3, -0.25) is 4.79 Å². The minimum Gasteiger partial charge on any atom is -0.507 e. The summed E-state index contributed by atoms with van der Waals surface area (Å²) in [6.45, 7) is 3.90. The van der Waals surface area contributed by atoms with Gasteiger partial charge in [0.05, 0.1) is 5.56 Å². The van der Waals surface area contributed by atoms with Crippen LogP contribution in [0.1, 0.15) is 15.9 Å². The quantitative estimate of drug-likeness (QED) is 0.752. The maximum Gasteiger partial charge on any atom is 0.255 e. The average Bonchev–Trinajstić information content (AvgIpc) is 2.76. The Hall–Kier alpha value is -1.26. The lowest BCUT2D eigenvalue weighted by molar-refractivity contribution is 0.0944. The molecule has 0 bridgehead atoms. The molecule has 3 N–H and O–H groups in total. The van der Waals surface area contributed by atoms with Gasteiger partial charge in [0.1, 0.15) is 5.75 Å². The van der Waals surface area contributed by atoms with E-state index < -0.39 is 0 Å². The highest BCUT2D eigenvalue weighted by atomic mass is 35.5. The van der Waals surface area contributed by atoms with E-state index in [1.165, 1.54) is 0 Å². The first kappa shape index (κ1) is 13.2. The number of carbonyl (C=O) groups excluding carboxylic acids is 1. The molecule has 4 nitrogen and oxygen atoms in total. The smallest absolute Gasteiger partial charge is 0.255 e. The van der Waals surface area contributed by atoms with E-state index in [-0.39, 0.29) is 24.1 Å². The summed E-state index contributed by atoms with van der Waals surface area (Å²) in [7, 11) is 0. The van der Waals surface area contributed by atoms with Crippen LogP contribution in [-0.2, 0) is 0 Å². The molecule has 3 rings (SSSR count). The highest BCUT2D eigenvalue weighted by Crippen LogP contribution is 2.41. The zero-order valence-electron chi connectivity index (χ0n) is 10.1. The number of hydrogen-bond acceptors (Lipinski definition) is 3. The topological polar surface area (TPSA) is 61.4 Å². The van der Waals surface area contributed by atoms with E-state index in [9.17, 15) is 9.90 Å². The monoisotopic (exact) mass is 268 g/mol. The number of fused-ring (bicyclic) bond motifs is 1. The van der Waals surface area contributed by atoms with Crippen LogP contribution in [0.3, 0.4) is 0 Å². The number of hydrogen-bond donors (Lipinski definition) is 3. The van der Waals surface area contributed by atoms with Crippen molar-refractivity contribution >= 4 is 18.3 Å². The van der Waals surface area contributed by atoms with Gasteiger partial charge in [-0.25, -0.2) is 0 Å². The molecule has 18 heavy (non-hydrogen) atoms. The highest BCUT2D eigenvalue weighted by molar-refractivity contribution is 5.97. The number of nitrogens with one attached hydrogen (secondary N) is 2. The van der Waals surface area contributed by atoms with Crippen molar-refractivity contribution in [2.45, 2.75) is 13.0 Å². The molecule has 2 fully saturated rings. The fourth-order valence-electron chi connectivity index (χ4n) is 2.69. The van der Waals surface area contributed by atoms with Crippen LogP contribution in [-0.4, -0.2) is 30.1 Å². The summed E-state index contributed by atoms with van der Waals surface area (Å²) < 4.78 is 0. The van der Waals surface area contributed by atoms with Crippen molar-refractivity contribution in [3.63, 3.8) is 0 Å². The van der Waals surface area contributed by atoms with Gasteiger partial charge in [-0.1, -0.05) is 11.6 Å². The van der Waals surface area contributed by atoms with E-state index in [1.54, 1.807) is 18.2 Å². The van der Waals surface area contributed by atoms with Gasteiger partial charge in [-0.05, 0) is 30.9 Å². The minimum atomic E-state index is -0.161. The van der Waals surface area contributed by atoms with Crippen LogP contribution in [0, 0.1) is 18.8 Å².